The van der Waals surface area contributed by atoms with Gasteiger partial charge >= 0.3 is 0 Å². The lowest BCUT2D eigenvalue weighted by molar-refractivity contribution is -0.0606. The topological polar surface area (TPSA) is 29.5 Å². The third-order valence-electron chi connectivity index (χ3n) is 6.48. The molecule has 1 aliphatic carbocycles. The zero-order chi connectivity index (χ0) is 17.5. The molecule has 1 heterocycles. The molecule has 1 aromatic carbocycles. The Hall–Kier alpha value is -0.860. The fraction of sp³-hybridized carbons (Fsp3) is 0.739. The highest BCUT2D eigenvalue weighted by Gasteiger charge is 2.31. The zero-order valence-corrected chi connectivity index (χ0v) is 16.0. The van der Waals surface area contributed by atoms with Crippen LogP contribution in [0.1, 0.15) is 69.4 Å². The molecule has 0 amide bonds. The molecule has 1 aromatic rings. The summed E-state index contributed by atoms with van der Waals surface area (Å²) in [7, 11) is 0. The average Bonchev–Trinajstić information content (AvgIpc) is 2.68. The first-order valence-electron chi connectivity index (χ1n) is 10.6. The van der Waals surface area contributed by atoms with E-state index >= 15 is 0 Å². The van der Waals surface area contributed by atoms with Gasteiger partial charge in [-0.05, 0) is 86.7 Å². The van der Waals surface area contributed by atoms with Crippen molar-refractivity contribution in [1.29, 1.82) is 0 Å². The molecule has 2 heteroatoms. The van der Waals surface area contributed by atoms with Crippen molar-refractivity contribution in [2.75, 3.05) is 13.2 Å². The van der Waals surface area contributed by atoms with Crippen molar-refractivity contribution in [3.8, 4) is 0 Å². The van der Waals surface area contributed by atoms with Crippen molar-refractivity contribution < 1.29 is 9.84 Å². The number of aliphatic hydroxyl groups excluding tert-OH is 1. The fourth-order valence-corrected chi connectivity index (χ4v) is 4.70. The summed E-state index contributed by atoms with van der Waals surface area (Å²) < 4.78 is 6.28. The predicted octanol–water partition coefficient (Wildman–Crippen LogP) is 5.17. The van der Waals surface area contributed by atoms with Crippen molar-refractivity contribution >= 4 is 0 Å². The number of hydrogen-bond acceptors (Lipinski definition) is 2. The van der Waals surface area contributed by atoms with E-state index in [2.05, 4.69) is 31.2 Å². The molecule has 1 saturated carbocycles. The summed E-state index contributed by atoms with van der Waals surface area (Å²) in [6.07, 6.45) is 12.8. The number of aliphatic hydroxyl groups is 1. The summed E-state index contributed by atoms with van der Waals surface area (Å²) in [6.45, 7) is 3.57. The maximum absolute atomic E-state index is 9.29. The Morgan fingerprint density at radius 1 is 0.880 bits per heavy atom. The quantitative estimate of drug-likeness (QED) is 0.740. The number of aryl methyl sites for hydroxylation is 2. The van der Waals surface area contributed by atoms with Crippen LogP contribution in [0.5, 0.6) is 0 Å². The Bertz CT molecular complexity index is 479. The Kier molecular flexibility index (Phi) is 7.36. The van der Waals surface area contributed by atoms with Gasteiger partial charge in [0.15, 0.2) is 0 Å². The summed E-state index contributed by atoms with van der Waals surface area (Å²) in [5, 5.41) is 9.29. The van der Waals surface area contributed by atoms with Gasteiger partial charge in [-0.1, -0.05) is 37.6 Å². The molecule has 1 N–H and O–H groups in total. The van der Waals surface area contributed by atoms with E-state index in [1.807, 2.05) is 0 Å². The van der Waals surface area contributed by atoms with Gasteiger partial charge in [0.25, 0.3) is 0 Å². The van der Waals surface area contributed by atoms with Crippen molar-refractivity contribution in [2.24, 2.45) is 17.8 Å². The molecule has 0 bridgehead atoms. The first-order valence-corrected chi connectivity index (χ1v) is 10.6. The van der Waals surface area contributed by atoms with E-state index in [9.17, 15) is 5.11 Å². The molecule has 3 rings (SSSR count). The van der Waals surface area contributed by atoms with Gasteiger partial charge in [0.2, 0.25) is 0 Å². The van der Waals surface area contributed by atoms with Gasteiger partial charge < -0.3 is 9.84 Å². The number of ether oxygens (including phenoxy) is 1. The van der Waals surface area contributed by atoms with Crippen LogP contribution in [0.3, 0.4) is 0 Å². The highest BCUT2D eigenvalue weighted by Crippen LogP contribution is 2.36. The Balaban J connectivity index is 1.36. The predicted molar refractivity (Wildman–Crippen MR) is 104 cm³/mol. The molecule has 2 aliphatic rings. The lowest BCUT2D eigenvalue weighted by atomic mass is 9.77. The molecule has 1 aliphatic heterocycles. The summed E-state index contributed by atoms with van der Waals surface area (Å²) in [6, 6.07) is 9.23. The molecule has 2 fully saturated rings. The molecule has 0 radical (unpaired) electrons. The molecule has 0 aromatic heterocycles. The third kappa shape index (κ3) is 5.56. The smallest absolute Gasteiger partial charge is 0.0603 e. The first-order chi connectivity index (χ1) is 12.3. The Morgan fingerprint density at radius 2 is 1.52 bits per heavy atom. The van der Waals surface area contributed by atoms with E-state index in [0.717, 1.165) is 18.4 Å². The van der Waals surface area contributed by atoms with Crippen LogP contribution < -0.4 is 0 Å². The van der Waals surface area contributed by atoms with Gasteiger partial charge in [-0.2, -0.15) is 0 Å². The average molecular weight is 345 g/mol. The molecule has 25 heavy (non-hydrogen) atoms. The maximum Gasteiger partial charge on any atom is 0.0603 e. The Labute approximate surface area is 154 Å². The largest absolute Gasteiger partial charge is 0.396 e. The first kappa shape index (κ1) is 18.9. The molecule has 140 valence electrons. The zero-order valence-electron chi connectivity index (χ0n) is 16.0. The molecule has 2 unspecified atom stereocenters. The lowest BCUT2D eigenvalue weighted by Crippen LogP contribution is -2.34. The monoisotopic (exact) mass is 344 g/mol. The van der Waals surface area contributed by atoms with Crippen molar-refractivity contribution in [2.45, 2.75) is 77.2 Å². The summed E-state index contributed by atoms with van der Waals surface area (Å²) in [5.74, 6) is 2.03. The molecule has 2 nitrogen and oxygen atoms in total. The van der Waals surface area contributed by atoms with Gasteiger partial charge in [0.1, 0.15) is 0 Å². The lowest BCUT2D eigenvalue weighted by Gasteiger charge is -2.37. The van der Waals surface area contributed by atoms with E-state index in [-0.39, 0.29) is 0 Å². The fourth-order valence-electron chi connectivity index (χ4n) is 4.70. The maximum atomic E-state index is 9.29. The minimum absolute atomic E-state index is 0.375. The summed E-state index contributed by atoms with van der Waals surface area (Å²) in [4.78, 5) is 0. The van der Waals surface area contributed by atoms with Gasteiger partial charge in [-0.25, -0.2) is 0 Å². The Morgan fingerprint density at radius 3 is 2.08 bits per heavy atom. The molecule has 2 atom stereocenters. The SMILES string of the molecule is CCCc1ccc(CCC2CCC(C3CCC(CO)CC3)OC2)cc1. The number of rotatable bonds is 7. The second-order valence-corrected chi connectivity index (χ2v) is 8.38. The van der Waals surface area contributed by atoms with Crippen LogP contribution in [0.15, 0.2) is 24.3 Å². The van der Waals surface area contributed by atoms with Crippen molar-refractivity contribution in [3.05, 3.63) is 35.4 Å². The van der Waals surface area contributed by atoms with Gasteiger partial charge in [0, 0.05) is 13.2 Å². The highest BCUT2D eigenvalue weighted by molar-refractivity contribution is 5.22. The molecule has 0 spiro atoms. The van der Waals surface area contributed by atoms with E-state index in [1.54, 1.807) is 0 Å². The highest BCUT2D eigenvalue weighted by atomic mass is 16.5. The molecular weight excluding hydrogens is 308 g/mol. The standard InChI is InChI=1S/C23H36O2/c1-2-3-18-4-6-19(7-5-18)8-9-21-12-15-23(25-17-21)22-13-10-20(16-24)11-14-22/h4-7,20-24H,2-3,8-17H2,1H3. The van der Waals surface area contributed by atoms with Crippen LogP contribution >= 0.6 is 0 Å². The van der Waals surface area contributed by atoms with Crippen LogP contribution in [0.2, 0.25) is 0 Å². The van der Waals surface area contributed by atoms with Crippen LogP contribution in [-0.2, 0) is 17.6 Å². The van der Waals surface area contributed by atoms with Crippen LogP contribution in [0.25, 0.3) is 0 Å². The van der Waals surface area contributed by atoms with E-state index < -0.39 is 0 Å². The second-order valence-electron chi connectivity index (χ2n) is 8.38. The van der Waals surface area contributed by atoms with E-state index in [1.165, 1.54) is 75.3 Å². The number of hydrogen-bond donors (Lipinski definition) is 1. The number of benzene rings is 1. The normalized spacial score (nSPS) is 30.3. The minimum atomic E-state index is 0.375. The van der Waals surface area contributed by atoms with Crippen LogP contribution in [0, 0.1) is 17.8 Å². The van der Waals surface area contributed by atoms with Gasteiger partial charge in [-0.15, -0.1) is 0 Å². The second kappa shape index (κ2) is 9.73. The van der Waals surface area contributed by atoms with Gasteiger partial charge in [0.05, 0.1) is 6.10 Å². The summed E-state index contributed by atoms with van der Waals surface area (Å²) in [5.41, 5.74) is 2.94. The van der Waals surface area contributed by atoms with Crippen molar-refractivity contribution in [3.63, 3.8) is 0 Å². The molecule has 1 saturated heterocycles. The van der Waals surface area contributed by atoms with E-state index in [4.69, 9.17) is 4.74 Å². The minimum Gasteiger partial charge on any atom is -0.396 e. The summed E-state index contributed by atoms with van der Waals surface area (Å²) >= 11 is 0. The van der Waals surface area contributed by atoms with Gasteiger partial charge in [-0.3, -0.25) is 0 Å². The van der Waals surface area contributed by atoms with Crippen LogP contribution in [-0.4, -0.2) is 24.4 Å². The molecular formula is C23H36O2. The van der Waals surface area contributed by atoms with E-state index in [0.29, 0.717) is 18.6 Å². The van der Waals surface area contributed by atoms with Crippen LogP contribution in [0.4, 0.5) is 0 Å². The van der Waals surface area contributed by atoms with Crippen molar-refractivity contribution in [1.82, 2.24) is 0 Å². The third-order valence-corrected chi connectivity index (χ3v) is 6.48.